The molecule has 1 aromatic carbocycles. The summed E-state index contributed by atoms with van der Waals surface area (Å²) in [5.41, 5.74) is 3.87. The number of esters is 1. The molecule has 0 unspecified atom stereocenters. The fraction of sp³-hybridized carbons (Fsp3) is 0.231. The molecular weight excluding hydrogens is 270 g/mol. The van der Waals surface area contributed by atoms with Gasteiger partial charge in [-0.25, -0.2) is 13.6 Å². The van der Waals surface area contributed by atoms with Crippen LogP contribution < -0.4 is 11.2 Å². The minimum atomic E-state index is -1.31. The number of halogens is 2. The van der Waals surface area contributed by atoms with Crippen LogP contribution in [0.1, 0.15) is 17.3 Å². The van der Waals surface area contributed by atoms with Crippen LogP contribution in [0.15, 0.2) is 17.1 Å². The number of benzene rings is 1. The average molecular weight is 282 g/mol. The van der Waals surface area contributed by atoms with Gasteiger partial charge in [0.1, 0.15) is 5.56 Å². The molecule has 1 heterocycles. The number of hydrogen-bond donors (Lipinski definition) is 1. The second kappa shape index (κ2) is 4.92. The molecule has 0 bridgehead atoms. The Balaban J connectivity index is 2.89. The van der Waals surface area contributed by atoms with Crippen LogP contribution >= 0.6 is 0 Å². The quantitative estimate of drug-likeness (QED) is 0.670. The zero-order valence-electron chi connectivity index (χ0n) is 10.9. The Morgan fingerprint density at radius 2 is 2.10 bits per heavy atom. The molecule has 5 nitrogen and oxygen atoms in total. The maximum atomic E-state index is 13.5. The van der Waals surface area contributed by atoms with Crippen molar-refractivity contribution in [1.29, 1.82) is 0 Å². The first-order chi connectivity index (χ1) is 9.38. The molecular formula is C13H12F2N2O3. The summed E-state index contributed by atoms with van der Waals surface area (Å²) in [5, 5.41) is -0.239. The van der Waals surface area contributed by atoms with Crippen LogP contribution in [0.25, 0.3) is 10.9 Å². The first-order valence-electron chi connectivity index (χ1n) is 5.82. The standard InChI is InChI=1S/C13H12F2N2O3/c1-3-20-13(19)6-5-17(2)8-4-7(14)10(15)11(16)9(8)12(6)18/h4-5H,3,16H2,1-2H3. The fourth-order valence-electron chi connectivity index (χ4n) is 1.96. The number of nitrogen functional groups attached to an aromatic ring is 1. The monoisotopic (exact) mass is 282 g/mol. The summed E-state index contributed by atoms with van der Waals surface area (Å²) >= 11 is 0. The van der Waals surface area contributed by atoms with Crippen LogP contribution in [0, 0.1) is 11.6 Å². The van der Waals surface area contributed by atoms with Crippen molar-refractivity contribution in [3.05, 3.63) is 39.7 Å². The van der Waals surface area contributed by atoms with Crippen LogP contribution in [-0.2, 0) is 11.8 Å². The summed E-state index contributed by atoms with van der Waals surface area (Å²) in [4.78, 5) is 23.9. The lowest BCUT2D eigenvalue weighted by atomic mass is 10.1. The largest absolute Gasteiger partial charge is 0.462 e. The van der Waals surface area contributed by atoms with Crippen molar-refractivity contribution < 1.29 is 18.3 Å². The van der Waals surface area contributed by atoms with E-state index in [0.717, 1.165) is 6.07 Å². The van der Waals surface area contributed by atoms with E-state index in [9.17, 15) is 18.4 Å². The molecule has 0 saturated heterocycles. The van der Waals surface area contributed by atoms with Gasteiger partial charge in [0.05, 0.1) is 23.2 Å². The Kier molecular flexibility index (Phi) is 3.44. The van der Waals surface area contributed by atoms with Crippen molar-refractivity contribution in [2.24, 2.45) is 7.05 Å². The van der Waals surface area contributed by atoms with Crippen LogP contribution in [0.2, 0.25) is 0 Å². The number of rotatable bonds is 2. The van der Waals surface area contributed by atoms with Gasteiger partial charge in [0, 0.05) is 19.3 Å². The molecule has 0 fully saturated rings. The van der Waals surface area contributed by atoms with Crippen LogP contribution in [0.4, 0.5) is 14.5 Å². The molecule has 2 N–H and O–H groups in total. The van der Waals surface area contributed by atoms with Gasteiger partial charge in [0.15, 0.2) is 11.6 Å². The third-order valence-corrected chi connectivity index (χ3v) is 2.90. The number of nitrogens with zero attached hydrogens (tertiary/aromatic N) is 1. The molecule has 0 aliphatic heterocycles. The number of aromatic nitrogens is 1. The van der Waals surface area contributed by atoms with Crippen molar-refractivity contribution in [1.82, 2.24) is 4.57 Å². The summed E-state index contributed by atoms with van der Waals surface area (Å²) in [6.07, 6.45) is 1.21. The molecule has 0 amide bonds. The second-order valence-corrected chi connectivity index (χ2v) is 4.18. The van der Waals surface area contributed by atoms with Crippen molar-refractivity contribution in [3.63, 3.8) is 0 Å². The Morgan fingerprint density at radius 3 is 2.70 bits per heavy atom. The first-order valence-corrected chi connectivity index (χ1v) is 5.82. The molecule has 2 rings (SSSR count). The normalized spacial score (nSPS) is 10.8. The number of fused-ring (bicyclic) bond motifs is 1. The molecule has 7 heteroatoms. The summed E-state index contributed by atoms with van der Waals surface area (Å²) in [6, 6.07) is 0.858. The average Bonchev–Trinajstić information content (AvgIpc) is 2.40. The highest BCUT2D eigenvalue weighted by Crippen LogP contribution is 2.24. The molecule has 0 spiro atoms. The van der Waals surface area contributed by atoms with Gasteiger partial charge in [0.25, 0.3) is 0 Å². The van der Waals surface area contributed by atoms with E-state index in [1.54, 1.807) is 6.92 Å². The van der Waals surface area contributed by atoms with Gasteiger partial charge in [-0.15, -0.1) is 0 Å². The number of ether oxygens (including phenoxy) is 1. The Labute approximate surface area is 112 Å². The van der Waals surface area contributed by atoms with Crippen LogP contribution in [-0.4, -0.2) is 17.1 Å². The zero-order chi connectivity index (χ0) is 15.0. The van der Waals surface area contributed by atoms with Crippen molar-refractivity contribution in [2.75, 3.05) is 12.3 Å². The van der Waals surface area contributed by atoms with E-state index < -0.39 is 28.7 Å². The Hall–Kier alpha value is -2.44. The van der Waals surface area contributed by atoms with Gasteiger partial charge in [-0.1, -0.05) is 0 Å². The van der Waals surface area contributed by atoms with Crippen molar-refractivity contribution >= 4 is 22.6 Å². The third-order valence-electron chi connectivity index (χ3n) is 2.90. The smallest absolute Gasteiger partial charge is 0.343 e. The molecule has 2 aromatic rings. The number of nitrogens with two attached hydrogens (primary N) is 1. The SMILES string of the molecule is CCOC(=O)c1cn(C)c2cc(F)c(F)c(N)c2c1=O. The Bertz CT molecular complexity index is 769. The van der Waals surface area contributed by atoms with Gasteiger partial charge in [-0.05, 0) is 6.92 Å². The molecule has 0 saturated carbocycles. The molecule has 0 radical (unpaired) electrons. The lowest BCUT2D eigenvalue weighted by Crippen LogP contribution is -2.21. The second-order valence-electron chi connectivity index (χ2n) is 4.18. The highest BCUT2D eigenvalue weighted by molar-refractivity contribution is 5.98. The minimum absolute atomic E-state index is 0.0906. The predicted molar refractivity (Wildman–Crippen MR) is 69.5 cm³/mol. The summed E-state index contributed by atoms with van der Waals surface area (Å²) in [7, 11) is 1.49. The molecule has 106 valence electrons. The molecule has 1 aromatic heterocycles. The number of hydrogen-bond acceptors (Lipinski definition) is 4. The summed E-state index contributed by atoms with van der Waals surface area (Å²) < 4.78 is 32.9. The number of anilines is 1. The molecule has 0 atom stereocenters. The molecule has 20 heavy (non-hydrogen) atoms. The van der Waals surface area contributed by atoms with E-state index in [4.69, 9.17) is 10.5 Å². The van der Waals surface area contributed by atoms with Gasteiger partial charge in [-0.2, -0.15) is 0 Å². The van der Waals surface area contributed by atoms with E-state index in [1.807, 2.05) is 0 Å². The number of carbonyl (C=O) groups excluding carboxylic acids is 1. The Morgan fingerprint density at radius 1 is 1.45 bits per heavy atom. The maximum Gasteiger partial charge on any atom is 0.343 e. The number of carbonyl (C=O) groups is 1. The van der Waals surface area contributed by atoms with E-state index in [-0.39, 0.29) is 23.1 Å². The van der Waals surface area contributed by atoms with Gasteiger partial charge < -0.3 is 15.0 Å². The number of aryl methyl sites for hydroxylation is 1. The topological polar surface area (TPSA) is 74.3 Å². The van der Waals surface area contributed by atoms with E-state index in [0.29, 0.717) is 0 Å². The van der Waals surface area contributed by atoms with Gasteiger partial charge in [0.2, 0.25) is 5.43 Å². The maximum absolute atomic E-state index is 13.5. The van der Waals surface area contributed by atoms with Crippen molar-refractivity contribution in [3.8, 4) is 0 Å². The van der Waals surface area contributed by atoms with E-state index in [1.165, 1.54) is 17.8 Å². The number of pyridine rings is 1. The molecule has 0 aliphatic rings. The van der Waals surface area contributed by atoms with E-state index >= 15 is 0 Å². The predicted octanol–water partition coefficient (Wildman–Crippen LogP) is 1.58. The molecule has 0 aliphatic carbocycles. The highest BCUT2D eigenvalue weighted by atomic mass is 19.2. The minimum Gasteiger partial charge on any atom is -0.462 e. The van der Waals surface area contributed by atoms with Gasteiger partial charge >= 0.3 is 5.97 Å². The highest BCUT2D eigenvalue weighted by Gasteiger charge is 2.20. The third kappa shape index (κ3) is 2.01. The lowest BCUT2D eigenvalue weighted by molar-refractivity contribution is 0.0524. The first kappa shape index (κ1) is 14.0. The summed E-state index contributed by atoms with van der Waals surface area (Å²) in [6.45, 7) is 1.68. The fourth-order valence-corrected chi connectivity index (χ4v) is 1.96. The van der Waals surface area contributed by atoms with Gasteiger partial charge in [-0.3, -0.25) is 4.79 Å². The van der Waals surface area contributed by atoms with E-state index in [2.05, 4.69) is 0 Å². The zero-order valence-corrected chi connectivity index (χ0v) is 10.9. The lowest BCUT2D eigenvalue weighted by Gasteiger charge is -2.11. The summed E-state index contributed by atoms with van der Waals surface area (Å²) in [5.74, 6) is -3.30. The van der Waals surface area contributed by atoms with Crippen molar-refractivity contribution in [2.45, 2.75) is 6.92 Å². The van der Waals surface area contributed by atoms with Crippen LogP contribution in [0.5, 0.6) is 0 Å². The van der Waals surface area contributed by atoms with Crippen LogP contribution in [0.3, 0.4) is 0 Å².